The van der Waals surface area contributed by atoms with E-state index in [9.17, 15) is 4.79 Å². The first-order chi connectivity index (χ1) is 9.79. The highest BCUT2D eigenvalue weighted by Crippen LogP contribution is 2.28. The fraction of sp³-hybridized carbons (Fsp3) is 0.750. The maximum Gasteiger partial charge on any atom is 0.291 e. The van der Waals surface area contributed by atoms with Crippen molar-refractivity contribution in [2.75, 3.05) is 11.9 Å². The Morgan fingerprint density at radius 2 is 2.14 bits per heavy atom. The second-order valence-electron chi connectivity index (χ2n) is 7.30. The van der Waals surface area contributed by atoms with Crippen LogP contribution in [-0.2, 0) is 6.54 Å². The van der Waals surface area contributed by atoms with Gasteiger partial charge in [0.1, 0.15) is 5.69 Å². The standard InChI is InChI=1S/C16H26BrN3O/c1-11(16(2,3)4)8-18-14-13(17)9-19-20(15(14)21)10-12-6-5-7-12/h9,11-12,18H,5-8,10H2,1-4H3. The summed E-state index contributed by atoms with van der Waals surface area (Å²) in [6, 6.07) is 0. The molecule has 0 amide bonds. The predicted molar refractivity (Wildman–Crippen MR) is 90.6 cm³/mol. The summed E-state index contributed by atoms with van der Waals surface area (Å²) in [5, 5.41) is 7.57. The van der Waals surface area contributed by atoms with Crippen LogP contribution in [0.5, 0.6) is 0 Å². The number of hydrogen-bond acceptors (Lipinski definition) is 3. The lowest BCUT2D eigenvalue weighted by molar-refractivity contribution is 0.261. The van der Waals surface area contributed by atoms with Gasteiger partial charge in [0, 0.05) is 13.1 Å². The van der Waals surface area contributed by atoms with Crippen LogP contribution in [0.4, 0.5) is 5.69 Å². The molecule has 0 aromatic carbocycles. The lowest BCUT2D eigenvalue weighted by Gasteiger charge is -2.28. The minimum Gasteiger partial charge on any atom is -0.379 e. The van der Waals surface area contributed by atoms with Crippen molar-refractivity contribution in [1.29, 1.82) is 0 Å². The number of hydrogen-bond donors (Lipinski definition) is 1. The maximum absolute atomic E-state index is 12.5. The Bertz CT molecular complexity index is 543. The number of nitrogens with one attached hydrogen (secondary N) is 1. The molecule has 0 bridgehead atoms. The lowest BCUT2D eigenvalue weighted by atomic mass is 9.82. The quantitative estimate of drug-likeness (QED) is 0.870. The van der Waals surface area contributed by atoms with Gasteiger partial charge < -0.3 is 5.32 Å². The van der Waals surface area contributed by atoms with E-state index in [1.165, 1.54) is 19.3 Å². The van der Waals surface area contributed by atoms with Crippen molar-refractivity contribution in [3.63, 3.8) is 0 Å². The first-order valence-corrected chi connectivity index (χ1v) is 8.58. The molecule has 1 aromatic heterocycles. The van der Waals surface area contributed by atoms with E-state index in [4.69, 9.17) is 0 Å². The normalized spacial score (nSPS) is 17.4. The summed E-state index contributed by atoms with van der Waals surface area (Å²) >= 11 is 3.44. The van der Waals surface area contributed by atoms with Gasteiger partial charge in [0.05, 0.1) is 10.7 Å². The van der Waals surface area contributed by atoms with E-state index in [2.05, 4.69) is 54.0 Å². The maximum atomic E-state index is 12.5. The minimum atomic E-state index is -0.0163. The van der Waals surface area contributed by atoms with Crippen molar-refractivity contribution in [1.82, 2.24) is 9.78 Å². The number of nitrogens with zero attached hydrogens (tertiary/aromatic N) is 2. The number of aromatic nitrogens is 2. The van der Waals surface area contributed by atoms with Crippen LogP contribution in [0, 0.1) is 17.3 Å². The van der Waals surface area contributed by atoms with E-state index in [1.807, 2.05) is 0 Å². The van der Waals surface area contributed by atoms with Crippen molar-refractivity contribution in [2.45, 2.75) is 53.5 Å². The summed E-state index contributed by atoms with van der Waals surface area (Å²) in [6.07, 6.45) is 5.44. The van der Waals surface area contributed by atoms with Gasteiger partial charge in [0.2, 0.25) is 0 Å². The van der Waals surface area contributed by atoms with Gasteiger partial charge in [-0.25, -0.2) is 4.68 Å². The van der Waals surface area contributed by atoms with Gasteiger partial charge in [0.15, 0.2) is 0 Å². The Morgan fingerprint density at radius 3 is 2.67 bits per heavy atom. The molecule has 4 nitrogen and oxygen atoms in total. The first kappa shape index (κ1) is 16.5. The molecule has 1 N–H and O–H groups in total. The fourth-order valence-electron chi connectivity index (χ4n) is 2.24. The summed E-state index contributed by atoms with van der Waals surface area (Å²) in [7, 11) is 0. The van der Waals surface area contributed by atoms with Gasteiger partial charge in [-0.15, -0.1) is 0 Å². The van der Waals surface area contributed by atoms with E-state index in [1.54, 1.807) is 10.9 Å². The third-order valence-electron chi connectivity index (χ3n) is 4.72. The second kappa shape index (κ2) is 6.51. The van der Waals surface area contributed by atoms with Crippen LogP contribution >= 0.6 is 15.9 Å². The topological polar surface area (TPSA) is 46.9 Å². The Labute approximate surface area is 135 Å². The van der Waals surface area contributed by atoms with Gasteiger partial charge in [-0.2, -0.15) is 5.10 Å². The molecule has 1 aromatic rings. The Kier molecular flexibility index (Phi) is 5.12. The summed E-state index contributed by atoms with van der Waals surface area (Å²) < 4.78 is 2.36. The smallest absolute Gasteiger partial charge is 0.291 e. The molecule has 1 atom stereocenters. The zero-order chi connectivity index (χ0) is 15.6. The highest BCUT2D eigenvalue weighted by atomic mass is 79.9. The SMILES string of the molecule is CC(CNc1c(Br)cnn(CC2CCC2)c1=O)C(C)(C)C. The Hall–Kier alpha value is -0.840. The molecule has 1 heterocycles. The molecule has 0 spiro atoms. The molecule has 1 unspecified atom stereocenters. The van der Waals surface area contributed by atoms with Crippen LogP contribution in [0.2, 0.25) is 0 Å². The van der Waals surface area contributed by atoms with Crippen LogP contribution < -0.4 is 10.9 Å². The molecular formula is C16H26BrN3O. The second-order valence-corrected chi connectivity index (χ2v) is 8.15. The van der Waals surface area contributed by atoms with Crippen LogP contribution in [0.1, 0.15) is 47.0 Å². The van der Waals surface area contributed by atoms with Gasteiger partial charge in [0.25, 0.3) is 5.56 Å². The fourth-order valence-corrected chi connectivity index (χ4v) is 2.64. The van der Waals surface area contributed by atoms with Crippen LogP contribution in [-0.4, -0.2) is 16.3 Å². The molecule has 21 heavy (non-hydrogen) atoms. The molecule has 2 rings (SSSR count). The van der Waals surface area contributed by atoms with Crippen LogP contribution in [0.3, 0.4) is 0 Å². The third-order valence-corrected chi connectivity index (χ3v) is 5.32. The molecule has 0 radical (unpaired) electrons. The number of halogens is 1. The highest BCUT2D eigenvalue weighted by Gasteiger charge is 2.22. The van der Waals surface area contributed by atoms with E-state index < -0.39 is 0 Å². The van der Waals surface area contributed by atoms with Crippen molar-refractivity contribution in [3.8, 4) is 0 Å². The lowest BCUT2D eigenvalue weighted by Crippen LogP contribution is -2.32. The minimum absolute atomic E-state index is 0.0163. The van der Waals surface area contributed by atoms with Gasteiger partial charge in [-0.05, 0) is 46.0 Å². The molecule has 1 aliphatic carbocycles. The van der Waals surface area contributed by atoms with Crippen LogP contribution in [0.25, 0.3) is 0 Å². The number of anilines is 1. The number of rotatable bonds is 5. The molecule has 0 saturated heterocycles. The summed E-state index contributed by atoms with van der Waals surface area (Å²) in [5.74, 6) is 1.09. The van der Waals surface area contributed by atoms with Crippen molar-refractivity contribution >= 4 is 21.6 Å². The van der Waals surface area contributed by atoms with E-state index >= 15 is 0 Å². The monoisotopic (exact) mass is 355 g/mol. The molecule has 0 aliphatic heterocycles. The third kappa shape index (κ3) is 4.09. The molecular weight excluding hydrogens is 330 g/mol. The summed E-state index contributed by atoms with van der Waals surface area (Å²) in [5.41, 5.74) is 0.843. The van der Waals surface area contributed by atoms with E-state index in [0.717, 1.165) is 17.6 Å². The molecule has 1 saturated carbocycles. The largest absolute Gasteiger partial charge is 0.379 e. The predicted octanol–water partition coefficient (Wildman–Crippen LogP) is 3.90. The average Bonchev–Trinajstić information content (AvgIpc) is 2.34. The van der Waals surface area contributed by atoms with Crippen molar-refractivity contribution in [2.24, 2.45) is 17.3 Å². The Balaban J connectivity index is 2.10. The van der Waals surface area contributed by atoms with Crippen LogP contribution in [0.15, 0.2) is 15.5 Å². The highest BCUT2D eigenvalue weighted by molar-refractivity contribution is 9.10. The van der Waals surface area contributed by atoms with E-state index in [0.29, 0.717) is 17.5 Å². The van der Waals surface area contributed by atoms with Crippen molar-refractivity contribution in [3.05, 3.63) is 21.0 Å². The molecule has 1 fully saturated rings. The van der Waals surface area contributed by atoms with E-state index in [-0.39, 0.29) is 11.0 Å². The Morgan fingerprint density at radius 1 is 1.48 bits per heavy atom. The molecule has 5 heteroatoms. The zero-order valence-electron chi connectivity index (χ0n) is 13.4. The average molecular weight is 356 g/mol. The van der Waals surface area contributed by atoms with Gasteiger partial charge in [-0.1, -0.05) is 34.1 Å². The summed E-state index contributed by atoms with van der Waals surface area (Å²) in [4.78, 5) is 12.5. The first-order valence-electron chi connectivity index (χ1n) is 7.78. The van der Waals surface area contributed by atoms with Gasteiger partial charge in [-0.3, -0.25) is 4.79 Å². The van der Waals surface area contributed by atoms with Crippen molar-refractivity contribution < 1.29 is 0 Å². The molecule has 1 aliphatic rings. The van der Waals surface area contributed by atoms with Gasteiger partial charge >= 0.3 is 0 Å². The summed E-state index contributed by atoms with van der Waals surface area (Å²) in [6.45, 7) is 10.4. The molecule has 118 valence electrons. The zero-order valence-corrected chi connectivity index (χ0v) is 15.0.